The maximum atomic E-state index is 9.58. The monoisotopic (exact) mass is 453 g/mol. The van der Waals surface area contributed by atoms with Crippen molar-refractivity contribution in [3.05, 3.63) is 24.8 Å². The molecule has 0 radical (unpaired) electrons. The lowest BCUT2D eigenvalue weighted by Gasteiger charge is -2.10. The molecule has 1 aromatic rings. The van der Waals surface area contributed by atoms with Crippen LogP contribution in [-0.2, 0) is 6.42 Å². The van der Waals surface area contributed by atoms with E-state index in [2.05, 4.69) is 52.1 Å². The summed E-state index contributed by atoms with van der Waals surface area (Å²) in [6.07, 6.45) is 1.86. The van der Waals surface area contributed by atoms with Gasteiger partial charge < -0.3 is 10.8 Å². The first-order chi connectivity index (χ1) is 6.54. The number of phenolic OH excluding ortho intramolecular Hbond substituents is 1. The van der Waals surface area contributed by atoms with Crippen molar-refractivity contribution in [1.29, 1.82) is 0 Å². The minimum atomic E-state index is 0. The van der Waals surface area contributed by atoms with Crippen LogP contribution in [0.1, 0.15) is 18.9 Å². The molecule has 86 valence electrons. The molecule has 0 amide bonds. The predicted molar refractivity (Wildman–Crippen MR) is 82.8 cm³/mol. The summed E-state index contributed by atoms with van der Waals surface area (Å²) >= 11 is 4.28. The number of nitrogens with two attached hydrogens (primary N) is 1. The number of benzene rings is 1. The summed E-state index contributed by atoms with van der Waals surface area (Å²) in [6, 6.07) is 4.20. The molecule has 5 heteroatoms. The summed E-state index contributed by atoms with van der Waals surface area (Å²) in [4.78, 5) is 0. The Hall–Kier alpha value is 0.730. The van der Waals surface area contributed by atoms with Gasteiger partial charge in [-0.2, -0.15) is 0 Å². The molecular formula is C10H14ClI2NO. The van der Waals surface area contributed by atoms with Crippen molar-refractivity contribution < 1.29 is 5.11 Å². The molecular weight excluding hydrogens is 439 g/mol. The summed E-state index contributed by atoms with van der Waals surface area (Å²) in [5.74, 6) is 0.375. The Labute approximate surface area is 124 Å². The SMILES string of the molecule is CCC(N)Cc1cc(I)c(O)c(I)c1.Cl. The van der Waals surface area contributed by atoms with Gasteiger partial charge >= 0.3 is 0 Å². The van der Waals surface area contributed by atoms with Crippen LogP contribution in [0, 0.1) is 7.14 Å². The molecule has 0 fully saturated rings. The zero-order chi connectivity index (χ0) is 10.7. The smallest absolute Gasteiger partial charge is 0.142 e. The molecule has 3 N–H and O–H groups in total. The highest BCUT2D eigenvalue weighted by molar-refractivity contribution is 14.1. The fourth-order valence-electron chi connectivity index (χ4n) is 1.18. The molecule has 0 aromatic heterocycles. The van der Waals surface area contributed by atoms with Crippen LogP contribution in [0.3, 0.4) is 0 Å². The summed E-state index contributed by atoms with van der Waals surface area (Å²) in [6.45, 7) is 2.08. The van der Waals surface area contributed by atoms with E-state index < -0.39 is 0 Å². The molecule has 0 bridgehead atoms. The first kappa shape index (κ1) is 15.7. The van der Waals surface area contributed by atoms with Gasteiger partial charge in [0, 0.05) is 6.04 Å². The van der Waals surface area contributed by atoms with Crippen LogP contribution in [0.25, 0.3) is 0 Å². The summed E-state index contributed by atoms with van der Waals surface area (Å²) < 4.78 is 1.79. The lowest BCUT2D eigenvalue weighted by atomic mass is 10.0. The molecule has 0 spiro atoms. The number of hydrogen-bond acceptors (Lipinski definition) is 2. The quantitative estimate of drug-likeness (QED) is 0.690. The van der Waals surface area contributed by atoms with Crippen molar-refractivity contribution in [3.8, 4) is 5.75 Å². The standard InChI is InChI=1S/C10H13I2NO.ClH/c1-2-7(13)3-6-4-8(11)10(14)9(12)5-6;/h4-5,7,14H,2-3,13H2,1H3;1H. The largest absolute Gasteiger partial charge is 0.506 e. The molecule has 1 atom stereocenters. The van der Waals surface area contributed by atoms with E-state index in [1.54, 1.807) is 0 Å². The van der Waals surface area contributed by atoms with E-state index in [4.69, 9.17) is 5.73 Å². The number of phenols is 1. The maximum Gasteiger partial charge on any atom is 0.142 e. The third kappa shape index (κ3) is 4.62. The second-order valence-electron chi connectivity index (χ2n) is 3.28. The average Bonchev–Trinajstić information content (AvgIpc) is 2.14. The molecule has 0 heterocycles. The van der Waals surface area contributed by atoms with Gasteiger partial charge in [-0.05, 0) is 75.7 Å². The zero-order valence-corrected chi connectivity index (χ0v) is 13.5. The van der Waals surface area contributed by atoms with E-state index in [-0.39, 0.29) is 18.4 Å². The Bertz CT molecular complexity index is 310. The predicted octanol–water partition coefficient (Wildman–Crippen LogP) is 3.30. The fourth-order valence-corrected chi connectivity index (χ4v) is 3.08. The molecule has 0 aliphatic rings. The van der Waals surface area contributed by atoms with Gasteiger partial charge in [0.25, 0.3) is 0 Å². The van der Waals surface area contributed by atoms with Gasteiger partial charge in [-0.15, -0.1) is 12.4 Å². The Balaban J connectivity index is 0.00000196. The van der Waals surface area contributed by atoms with E-state index in [0.717, 1.165) is 20.0 Å². The first-order valence-corrected chi connectivity index (χ1v) is 6.62. The van der Waals surface area contributed by atoms with Gasteiger partial charge in [-0.1, -0.05) is 6.92 Å². The van der Waals surface area contributed by atoms with Crippen LogP contribution in [0.2, 0.25) is 0 Å². The Morgan fingerprint density at radius 3 is 2.20 bits per heavy atom. The third-order valence-electron chi connectivity index (χ3n) is 2.10. The number of halogens is 3. The zero-order valence-electron chi connectivity index (χ0n) is 8.34. The van der Waals surface area contributed by atoms with E-state index in [9.17, 15) is 5.11 Å². The van der Waals surface area contributed by atoms with Gasteiger partial charge in [-0.3, -0.25) is 0 Å². The molecule has 0 saturated carbocycles. The van der Waals surface area contributed by atoms with Crippen LogP contribution in [0.5, 0.6) is 5.75 Å². The minimum Gasteiger partial charge on any atom is -0.506 e. The van der Waals surface area contributed by atoms with Crippen LogP contribution in [-0.4, -0.2) is 11.1 Å². The van der Waals surface area contributed by atoms with Crippen molar-refractivity contribution >= 4 is 57.6 Å². The molecule has 15 heavy (non-hydrogen) atoms. The molecule has 2 nitrogen and oxygen atoms in total. The van der Waals surface area contributed by atoms with E-state index in [1.807, 2.05) is 12.1 Å². The normalized spacial score (nSPS) is 12.0. The average molecular weight is 453 g/mol. The molecule has 0 aliphatic heterocycles. The lowest BCUT2D eigenvalue weighted by molar-refractivity contribution is 0.467. The van der Waals surface area contributed by atoms with Gasteiger partial charge in [-0.25, -0.2) is 0 Å². The highest BCUT2D eigenvalue weighted by atomic mass is 127. The Kier molecular flexibility index (Phi) is 7.48. The fraction of sp³-hybridized carbons (Fsp3) is 0.400. The Morgan fingerprint density at radius 2 is 1.80 bits per heavy atom. The summed E-state index contributed by atoms with van der Waals surface area (Å²) in [5, 5.41) is 9.58. The van der Waals surface area contributed by atoms with E-state index in [1.165, 1.54) is 5.56 Å². The number of aromatic hydroxyl groups is 1. The van der Waals surface area contributed by atoms with Crippen molar-refractivity contribution in [2.45, 2.75) is 25.8 Å². The molecule has 0 saturated heterocycles. The van der Waals surface area contributed by atoms with Gasteiger partial charge in [0.2, 0.25) is 0 Å². The van der Waals surface area contributed by atoms with Crippen LogP contribution < -0.4 is 5.73 Å². The molecule has 0 aliphatic carbocycles. The highest BCUT2D eigenvalue weighted by Gasteiger charge is 2.07. The van der Waals surface area contributed by atoms with Gasteiger partial charge in [0.15, 0.2) is 0 Å². The second-order valence-corrected chi connectivity index (χ2v) is 5.60. The van der Waals surface area contributed by atoms with Crippen molar-refractivity contribution in [2.75, 3.05) is 0 Å². The van der Waals surface area contributed by atoms with Gasteiger partial charge in [0.1, 0.15) is 5.75 Å². The van der Waals surface area contributed by atoms with Gasteiger partial charge in [0.05, 0.1) is 7.14 Å². The van der Waals surface area contributed by atoms with E-state index in [0.29, 0.717) is 5.75 Å². The highest BCUT2D eigenvalue weighted by Crippen LogP contribution is 2.27. The van der Waals surface area contributed by atoms with Crippen molar-refractivity contribution in [3.63, 3.8) is 0 Å². The van der Waals surface area contributed by atoms with E-state index >= 15 is 0 Å². The maximum absolute atomic E-state index is 9.58. The molecule has 1 unspecified atom stereocenters. The van der Waals surface area contributed by atoms with Crippen LogP contribution in [0.4, 0.5) is 0 Å². The summed E-state index contributed by atoms with van der Waals surface area (Å²) in [7, 11) is 0. The van der Waals surface area contributed by atoms with Crippen LogP contribution in [0.15, 0.2) is 12.1 Å². The minimum absolute atomic E-state index is 0. The number of rotatable bonds is 3. The Morgan fingerprint density at radius 1 is 1.33 bits per heavy atom. The van der Waals surface area contributed by atoms with Crippen molar-refractivity contribution in [1.82, 2.24) is 0 Å². The first-order valence-electron chi connectivity index (χ1n) is 4.47. The topological polar surface area (TPSA) is 46.2 Å². The lowest BCUT2D eigenvalue weighted by Crippen LogP contribution is -2.21. The molecule has 1 aromatic carbocycles. The number of hydrogen-bond donors (Lipinski definition) is 2. The molecule has 1 rings (SSSR count). The van der Waals surface area contributed by atoms with Crippen molar-refractivity contribution in [2.24, 2.45) is 5.73 Å². The second kappa shape index (κ2) is 7.13. The third-order valence-corrected chi connectivity index (χ3v) is 3.74. The summed E-state index contributed by atoms with van der Waals surface area (Å²) in [5.41, 5.74) is 7.08. The van der Waals surface area contributed by atoms with Crippen LogP contribution >= 0.6 is 57.6 Å².